The van der Waals surface area contributed by atoms with Gasteiger partial charge in [-0.2, -0.15) is 0 Å². The number of nitrogens with zero attached hydrogens (tertiary/aromatic N) is 1. The largest absolute Gasteiger partial charge is 0.469 e. The minimum Gasteiger partial charge on any atom is -0.469 e. The summed E-state index contributed by atoms with van der Waals surface area (Å²) in [5.74, 6) is -1.48. The maximum Gasteiger partial charge on any atom is 0.265 e. The molecule has 1 unspecified atom stereocenters. The molecule has 0 fully saturated rings. The summed E-state index contributed by atoms with van der Waals surface area (Å²) in [6.45, 7) is 3.41. The first-order valence-electron chi connectivity index (χ1n) is 6.16. The van der Waals surface area contributed by atoms with E-state index in [0.29, 0.717) is 11.1 Å². The summed E-state index contributed by atoms with van der Waals surface area (Å²) in [6, 6.07) is 6.49. The van der Waals surface area contributed by atoms with Crippen molar-refractivity contribution in [2.75, 3.05) is 6.54 Å². The van der Waals surface area contributed by atoms with Crippen LogP contribution in [-0.2, 0) is 4.74 Å². The van der Waals surface area contributed by atoms with Gasteiger partial charge in [-0.05, 0) is 18.2 Å². The van der Waals surface area contributed by atoms with E-state index in [1.165, 1.54) is 6.08 Å². The molecule has 0 bridgehead atoms. The molecule has 1 N–H and O–H groups in total. The van der Waals surface area contributed by atoms with Gasteiger partial charge >= 0.3 is 0 Å². The zero-order valence-electron chi connectivity index (χ0n) is 11.2. The quantitative estimate of drug-likeness (QED) is 0.294. The lowest BCUT2D eigenvalue weighted by atomic mass is 10.1. The first kappa shape index (κ1) is 16.8. The van der Waals surface area contributed by atoms with Crippen LogP contribution in [0, 0.1) is 5.41 Å². The molecule has 116 valence electrons. The predicted molar refractivity (Wildman–Crippen MR) is 84.9 cm³/mol. The number of rotatable bonds is 4. The molecule has 0 spiro atoms. The van der Waals surface area contributed by atoms with Crippen molar-refractivity contribution in [3.05, 3.63) is 48.0 Å². The third-order valence-electron chi connectivity index (χ3n) is 3.03. The molecular formula is C14H11Cl3N2O3. The van der Waals surface area contributed by atoms with E-state index < -0.39 is 27.6 Å². The van der Waals surface area contributed by atoms with Crippen LogP contribution >= 0.6 is 34.8 Å². The van der Waals surface area contributed by atoms with Crippen LogP contribution in [0.5, 0.6) is 0 Å². The number of fused-ring (bicyclic) bond motifs is 1. The first-order valence-corrected chi connectivity index (χ1v) is 7.29. The number of carbonyl (C=O) groups is 2. The lowest BCUT2D eigenvalue weighted by Gasteiger charge is -2.23. The standard InChI is InChI=1S/C14H11Cl3N2O3/c1-2-8(22-13(18)14(15,16)17)7-19-11(20)9-5-3-4-6-10(9)12(19)21/h2-6,8,18H,1,7H2. The van der Waals surface area contributed by atoms with E-state index >= 15 is 0 Å². The molecule has 8 heteroatoms. The number of hydrogen-bond acceptors (Lipinski definition) is 4. The lowest BCUT2D eigenvalue weighted by molar-refractivity contribution is 0.0593. The number of nitrogens with one attached hydrogen (secondary N) is 1. The second-order valence-electron chi connectivity index (χ2n) is 4.49. The molecule has 1 aromatic carbocycles. The third kappa shape index (κ3) is 3.27. The molecule has 0 aliphatic carbocycles. The molecule has 1 heterocycles. The Kier molecular flexibility index (Phi) is 4.80. The molecule has 2 amide bonds. The van der Waals surface area contributed by atoms with Gasteiger partial charge < -0.3 is 4.74 Å². The van der Waals surface area contributed by atoms with E-state index in [0.717, 1.165) is 4.90 Å². The zero-order valence-corrected chi connectivity index (χ0v) is 13.5. The maximum absolute atomic E-state index is 12.2. The number of imide groups is 1. The second-order valence-corrected chi connectivity index (χ2v) is 6.77. The van der Waals surface area contributed by atoms with E-state index in [4.69, 9.17) is 44.9 Å². The van der Waals surface area contributed by atoms with E-state index in [1.54, 1.807) is 24.3 Å². The zero-order chi connectivity index (χ0) is 16.5. The van der Waals surface area contributed by atoms with Crippen LogP contribution in [0.15, 0.2) is 36.9 Å². The monoisotopic (exact) mass is 360 g/mol. The van der Waals surface area contributed by atoms with Crippen molar-refractivity contribution in [2.45, 2.75) is 9.90 Å². The Hall–Kier alpha value is -1.56. The van der Waals surface area contributed by atoms with Crippen molar-refractivity contribution in [3.8, 4) is 0 Å². The number of alkyl halides is 3. The molecule has 0 saturated carbocycles. The van der Waals surface area contributed by atoms with Gasteiger partial charge in [0.25, 0.3) is 15.6 Å². The molecule has 2 rings (SSSR count). The van der Waals surface area contributed by atoms with Crippen LogP contribution in [0.1, 0.15) is 20.7 Å². The third-order valence-corrected chi connectivity index (χ3v) is 3.55. The molecule has 1 aliphatic rings. The highest BCUT2D eigenvalue weighted by molar-refractivity contribution is 6.76. The molecule has 0 aromatic heterocycles. The van der Waals surface area contributed by atoms with Gasteiger partial charge in [0.05, 0.1) is 17.7 Å². The van der Waals surface area contributed by atoms with Crippen LogP contribution in [0.4, 0.5) is 0 Å². The van der Waals surface area contributed by atoms with Crippen LogP contribution in [0.3, 0.4) is 0 Å². The maximum atomic E-state index is 12.2. The number of ether oxygens (including phenoxy) is 1. The number of benzene rings is 1. The second kappa shape index (κ2) is 6.28. The Morgan fingerprint density at radius 2 is 1.77 bits per heavy atom. The average Bonchev–Trinajstić information content (AvgIpc) is 2.70. The summed E-state index contributed by atoms with van der Waals surface area (Å²) in [5.41, 5.74) is 0.651. The summed E-state index contributed by atoms with van der Waals surface area (Å²) >= 11 is 16.6. The van der Waals surface area contributed by atoms with Crippen LogP contribution in [-0.4, -0.2) is 39.1 Å². The number of halogens is 3. The van der Waals surface area contributed by atoms with Gasteiger partial charge in [0.1, 0.15) is 6.10 Å². The molecule has 1 atom stereocenters. The van der Waals surface area contributed by atoms with Crippen molar-refractivity contribution >= 4 is 52.5 Å². The average molecular weight is 362 g/mol. The Balaban J connectivity index is 2.14. The van der Waals surface area contributed by atoms with Crippen molar-refractivity contribution in [2.24, 2.45) is 0 Å². The van der Waals surface area contributed by atoms with E-state index in [9.17, 15) is 9.59 Å². The van der Waals surface area contributed by atoms with E-state index in [1.807, 2.05) is 0 Å². The van der Waals surface area contributed by atoms with Gasteiger partial charge in [0, 0.05) is 0 Å². The molecule has 0 saturated heterocycles. The fraction of sp³-hybridized carbons (Fsp3) is 0.214. The summed E-state index contributed by atoms with van der Waals surface area (Å²) in [7, 11) is 0. The van der Waals surface area contributed by atoms with Gasteiger partial charge in [-0.25, -0.2) is 0 Å². The molecule has 1 aliphatic heterocycles. The van der Waals surface area contributed by atoms with Crippen molar-refractivity contribution in [1.29, 1.82) is 5.41 Å². The van der Waals surface area contributed by atoms with Gasteiger partial charge in [-0.1, -0.05) is 53.5 Å². The van der Waals surface area contributed by atoms with Crippen molar-refractivity contribution in [1.82, 2.24) is 4.90 Å². The van der Waals surface area contributed by atoms with Gasteiger partial charge in [0.2, 0.25) is 5.90 Å². The van der Waals surface area contributed by atoms with Crippen LogP contribution in [0.25, 0.3) is 0 Å². The number of carbonyl (C=O) groups excluding carboxylic acids is 2. The SMILES string of the molecule is C=CC(CN1C(=O)c2ccccc2C1=O)OC(=N)C(Cl)(Cl)Cl. The minimum atomic E-state index is -2.02. The molecular weight excluding hydrogens is 351 g/mol. The smallest absolute Gasteiger partial charge is 0.265 e. The van der Waals surface area contributed by atoms with Crippen LogP contribution in [0.2, 0.25) is 0 Å². The Morgan fingerprint density at radius 3 is 2.18 bits per heavy atom. The van der Waals surface area contributed by atoms with Gasteiger partial charge in [-0.3, -0.25) is 19.9 Å². The molecule has 22 heavy (non-hydrogen) atoms. The molecule has 5 nitrogen and oxygen atoms in total. The summed E-state index contributed by atoms with van der Waals surface area (Å²) in [6.07, 6.45) is 0.472. The number of amides is 2. The molecule has 1 aromatic rings. The Labute approximate surface area is 141 Å². The summed E-state index contributed by atoms with van der Waals surface area (Å²) in [5, 5.41) is 7.52. The minimum absolute atomic E-state index is 0.126. The van der Waals surface area contributed by atoms with Gasteiger partial charge in [0.15, 0.2) is 0 Å². The Bertz CT molecular complexity index is 620. The fourth-order valence-electron chi connectivity index (χ4n) is 1.96. The van der Waals surface area contributed by atoms with Crippen LogP contribution < -0.4 is 0 Å². The Morgan fingerprint density at radius 1 is 1.27 bits per heavy atom. The lowest BCUT2D eigenvalue weighted by Crippen LogP contribution is -2.39. The van der Waals surface area contributed by atoms with E-state index in [-0.39, 0.29) is 6.54 Å². The number of hydrogen-bond donors (Lipinski definition) is 1. The normalized spacial score (nSPS) is 15.5. The highest BCUT2D eigenvalue weighted by Gasteiger charge is 2.37. The summed E-state index contributed by atoms with van der Waals surface area (Å²) < 4.78 is 3.12. The highest BCUT2D eigenvalue weighted by atomic mass is 35.6. The topological polar surface area (TPSA) is 70.5 Å². The fourth-order valence-corrected chi connectivity index (χ4v) is 2.10. The highest BCUT2D eigenvalue weighted by Crippen LogP contribution is 2.29. The van der Waals surface area contributed by atoms with Gasteiger partial charge in [-0.15, -0.1) is 0 Å². The van der Waals surface area contributed by atoms with E-state index in [2.05, 4.69) is 6.58 Å². The van der Waals surface area contributed by atoms with Crippen molar-refractivity contribution in [3.63, 3.8) is 0 Å². The molecule has 0 radical (unpaired) electrons. The van der Waals surface area contributed by atoms with Crippen molar-refractivity contribution < 1.29 is 14.3 Å². The summed E-state index contributed by atoms with van der Waals surface area (Å²) in [4.78, 5) is 25.5. The predicted octanol–water partition coefficient (Wildman–Crippen LogP) is 3.20. The first-order chi connectivity index (χ1) is 10.3.